The number of nitrogens with one attached hydrogen (secondary N) is 2. The molecule has 3 rings (SSSR count). The molecule has 2 heterocycles. The lowest BCUT2D eigenvalue weighted by molar-refractivity contribution is -0.125. The quantitative estimate of drug-likeness (QED) is 0.771. The molecule has 2 saturated heterocycles. The average molecular weight is 361 g/mol. The molecule has 0 aliphatic carbocycles. The summed E-state index contributed by atoms with van der Waals surface area (Å²) in [6.07, 6.45) is 0.789. The van der Waals surface area contributed by atoms with Crippen LogP contribution in [-0.4, -0.2) is 54.6 Å². The van der Waals surface area contributed by atoms with Crippen LogP contribution in [0.5, 0.6) is 11.5 Å². The van der Waals surface area contributed by atoms with Gasteiger partial charge in [-0.2, -0.15) is 0 Å². The molecule has 1 aromatic rings. The zero-order valence-corrected chi connectivity index (χ0v) is 15.0. The van der Waals surface area contributed by atoms with E-state index in [-0.39, 0.29) is 11.8 Å². The van der Waals surface area contributed by atoms with E-state index in [1.165, 1.54) is 0 Å². The maximum atomic E-state index is 12.8. The average Bonchev–Trinajstić information content (AvgIpc) is 2.90. The summed E-state index contributed by atoms with van der Waals surface area (Å²) in [5, 5.41) is 4.96. The number of amides is 4. The van der Waals surface area contributed by atoms with Gasteiger partial charge < -0.3 is 19.7 Å². The molecule has 0 saturated carbocycles. The second-order valence-electron chi connectivity index (χ2n) is 6.31. The molecule has 0 aromatic heterocycles. The SMILES string of the molecule is CCOc1ccc(C(=O)N2CCC3(CC2)NC(=O)NC3=O)cc1OCC. The van der Waals surface area contributed by atoms with Gasteiger partial charge in [0.05, 0.1) is 13.2 Å². The Labute approximate surface area is 151 Å². The first-order valence-corrected chi connectivity index (χ1v) is 8.81. The second-order valence-corrected chi connectivity index (χ2v) is 6.31. The van der Waals surface area contributed by atoms with Crippen molar-refractivity contribution in [2.75, 3.05) is 26.3 Å². The minimum absolute atomic E-state index is 0.131. The van der Waals surface area contributed by atoms with Crippen LogP contribution < -0.4 is 20.1 Å². The Morgan fingerprint density at radius 3 is 2.35 bits per heavy atom. The van der Waals surface area contributed by atoms with Crippen LogP contribution >= 0.6 is 0 Å². The van der Waals surface area contributed by atoms with Crippen molar-refractivity contribution in [1.82, 2.24) is 15.5 Å². The number of nitrogens with zero attached hydrogens (tertiary/aromatic N) is 1. The lowest BCUT2D eigenvalue weighted by Crippen LogP contribution is -2.55. The topological polar surface area (TPSA) is 97.0 Å². The maximum Gasteiger partial charge on any atom is 0.322 e. The molecule has 0 atom stereocenters. The predicted octanol–water partition coefficient (Wildman–Crippen LogP) is 1.30. The second kappa shape index (κ2) is 7.23. The number of carbonyl (C=O) groups excluding carboxylic acids is 3. The number of piperidine rings is 1. The molecule has 8 nitrogen and oxygen atoms in total. The number of urea groups is 1. The van der Waals surface area contributed by atoms with Crippen LogP contribution in [0.1, 0.15) is 37.0 Å². The normalized spacial score (nSPS) is 18.5. The van der Waals surface area contributed by atoms with Crippen molar-refractivity contribution in [3.05, 3.63) is 23.8 Å². The van der Waals surface area contributed by atoms with Crippen molar-refractivity contribution in [3.63, 3.8) is 0 Å². The van der Waals surface area contributed by atoms with Crippen molar-refractivity contribution in [3.8, 4) is 11.5 Å². The van der Waals surface area contributed by atoms with E-state index in [9.17, 15) is 14.4 Å². The Morgan fingerprint density at radius 2 is 1.77 bits per heavy atom. The van der Waals surface area contributed by atoms with E-state index in [1.54, 1.807) is 23.1 Å². The summed E-state index contributed by atoms with van der Waals surface area (Å²) in [4.78, 5) is 37.9. The Hall–Kier alpha value is -2.77. The molecule has 26 heavy (non-hydrogen) atoms. The third-order valence-corrected chi connectivity index (χ3v) is 4.71. The molecular formula is C18H23N3O5. The molecule has 1 aromatic carbocycles. The molecule has 1 spiro atoms. The van der Waals surface area contributed by atoms with Crippen LogP contribution in [0.15, 0.2) is 18.2 Å². The van der Waals surface area contributed by atoms with E-state index >= 15 is 0 Å². The van der Waals surface area contributed by atoms with Gasteiger partial charge in [0.15, 0.2) is 11.5 Å². The van der Waals surface area contributed by atoms with E-state index in [4.69, 9.17) is 9.47 Å². The monoisotopic (exact) mass is 361 g/mol. The number of hydrogen-bond donors (Lipinski definition) is 2. The molecule has 4 amide bonds. The molecule has 140 valence electrons. The number of likely N-dealkylation sites (tertiary alicyclic amines) is 1. The number of hydrogen-bond acceptors (Lipinski definition) is 5. The van der Waals surface area contributed by atoms with Gasteiger partial charge in [0, 0.05) is 18.7 Å². The van der Waals surface area contributed by atoms with Crippen LogP contribution in [-0.2, 0) is 4.79 Å². The largest absolute Gasteiger partial charge is 0.490 e. The summed E-state index contributed by atoms with van der Waals surface area (Å²) in [5.74, 6) is 0.702. The Bertz CT molecular complexity index is 726. The fourth-order valence-electron chi connectivity index (χ4n) is 3.34. The van der Waals surface area contributed by atoms with Crippen LogP contribution in [0, 0.1) is 0 Å². The van der Waals surface area contributed by atoms with Gasteiger partial charge in [-0.3, -0.25) is 14.9 Å². The fourth-order valence-corrected chi connectivity index (χ4v) is 3.34. The molecule has 8 heteroatoms. The van der Waals surface area contributed by atoms with Crippen molar-refractivity contribution in [1.29, 1.82) is 0 Å². The summed E-state index contributed by atoms with van der Waals surface area (Å²) >= 11 is 0. The number of imide groups is 1. The minimum Gasteiger partial charge on any atom is -0.490 e. The van der Waals surface area contributed by atoms with Gasteiger partial charge in [-0.1, -0.05) is 0 Å². The van der Waals surface area contributed by atoms with Gasteiger partial charge in [0.2, 0.25) is 0 Å². The molecule has 2 fully saturated rings. The van der Waals surface area contributed by atoms with E-state index in [1.807, 2.05) is 13.8 Å². The van der Waals surface area contributed by atoms with Crippen LogP contribution in [0.3, 0.4) is 0 Å². The molecule has 0 bridgehead atoms. The number of benzene rings is 1. The van der Waals surface area contributed by atoms with Crippen LogP contribution in [0.25, 0.3) is 0 Å². The molecule has 2 aliphatic heterocycles. The summed E-state index contributed by atoms with van der Waals surface area (Å²) in [5.41, 5.74) is -0.379. The fraction of sp³-hybridized carbons (Fsp3) is 0.500. The zero-order valence-electron chi connectivity index (χ0n) is 15.0. The van der Waals surface area contributed by atoms with Gasteiger partial charge in [0.25, 0.3) is 11.8 Å². The van der Waals surface area contributed by atoms with Gasteiger partial charge in [-0.15, -0.1) is 0 Å². The Kier molecular flexibility index (Phi) is 5.01. The zero-order chi connectivity index (χ0) is 18.7. The van der Waals surface area contributed by atoms with E-state index < -0.39 is 11.6 Å². The highest BCUT2D eigenvalue weighted by molar-refractivity contribution is 6.07. The smallest absolute Gasteiger partial charge is 0.322 e. The van der Waals surface area contributed by atoms with Crippen molar-refractivity contribution < 1.29 is 23.9 Å². The summed E-state index contributed by atoms with van der Waals surface area (Å²) in [6, 6.07) is 4.66. The third kappa shape index (κ3) is 3.31. The lowest BCUT2D eigenvalue weighted by Gasteiger charge is -2.37. The molecule has 2 aliphatic rings. The lowest BCUT2D eigenvalue weighted by atomic mass is 9.87. The highest BCUT2D eigenvalue weighted by atomic mass is 16.5. The van der Waals surface area contributed by atoms with Crippen molar-refractivity contribution in [2.45, 2.75) is 32.2 Å². The number of rotatable bonds is 5. The van der Waals surface area contributed by atoms with Crippen LogP contribution in [0.4, 0.5) is 4.79 Å². The van der Waals surface area contributed by atoms with E-state index in [0.29, 0.717) is 56.2 Å². The highest BCUT2D eigenvalue weighted by Gasteiger charge is 2.48. The van der Waals surface area contributed by atoms with Crippen LogP contribution in [0.2, 0.25) is 0 Å². The molecular weight excluding hydrogens is 338 g/mol. The van der Waals surface area contributed by atoms with Gasteiger partial charge in [-0.25, -0.2) is 4.79 Å². The highest BCUT2D eigenvalue weighted by Crippen LogP contribution is 2.30. The summed E-state index contributed by atoms with van der Waals surface area (Å²) in [7, 11) is 0. The number of carbonyl (C=O) groups is 3. The van der Waals surface area contributed by atoms with Crippen molar-refractivity contribution in [2.24, 2.45) is 0 Å². The Morgan fingerprint density at radius 1 is 1.12 bits per heavy atom. The number of ether oxygens (including phenoxy) is 2. The molecule has 0 radical (unpaired) electrons. The molecule has 0 unspecified atom stereocenters. The first kappa shape index (κ1) is 18.0. The first-order valence-electron chi connectivity index (χ1n) is 8.81. The van der Waals surface area contributed by atoms with Gasteiger partial charge >= 0.3 is 6.03 Å². The molecule has 2 N–H and O–H groups in total. The summed E-state index contributed by atoms with van der Waals surface area (Å²) < 4.78 is 11.1. The predicted molar refractivity (Wildman–Crippen MR) is 93.3 cm³/mol. The van der Waals surface area contributed by atoms with Crippen molar-refractivity contribution >= 4 is 17.8 Å². The Balaban J connectivity index is 1.71. The standard InChI is InChI=1S/C18H23N3O5/c1-3-25-13-6-5-12(11-14(13)26-4-2)15(22)21-9-7-18(8-10-21)16(23)19-17(24)20-18/h5-6,11H,3-4,7-10H2,1-2H3,(H2,19,20,23,24). The van der Waals surface area contributed by atoms with E-state index in [2.05, 4.69) is 10.6 Å². The minimum atomic E-state index is -0.886. The van der Waals surface area contributed by atoms with Gasteiger partial charge in [-0.05, 0) is 44.9 Å². The third-order valence-electron chi connectivity index (χ3n) is 4.71. The first-order chi connectivity index (χ1) is 12.5. The summed E-state index contributed by atoms with van der Waals surface area (Å²) in [6.45, 7) is 5.52. The maximum absolute atomic E-state index is 12.8. The van der Waals surface area contributed by atoms with E-state index in [0.717, 1.165) is 0 Å². The van der Waals surface area contributed by atoms with Gasteiger partial charge in [0.1, 0.15) is 5.54 Å².